The monoisotopic (exact) mass is 256 g/mol. The summed E-state index contributed by atoms with van der Waals surface area (Å²) in [5.41, 5.74) is -0.538. The molecule has 2 amide bonds. The number of hydrogen-bond acceptors (Lipinski definition) is 3. The molecule has 1 rings (SSSR count). The Morgan fingerprint density at radius 2 is 1.78 bits per heavy atom. The third-order valence-corrected chi connectivity index (χ3v) is 2.76. The van der Waals surface area contributed by atoms with Gasteiger partial charge in [0.15, 0.2) is 0 Å². The third kappa shape index (κ3) is 6.47. The maximum absolute atomic E-state index is 11.6. The SMILES string of the molecule is CC(C)(C)OC(=O)NCC(=O)NC1CCCCC1. The minimum atomic E-state index is -0.554. The molecule has 0 atom stereocenters. The topological polar surface area (TPSA) is 67.4 Å². The van der Waals surface area contributed by atoms with E-state index in [1.54, 1.807) is 20.8 Å². The fourth-order valence-corrected chi connectivity index (χ4v) is 1.99. The largest absolute Gasteiger partial charge is 0.444 e. The molecular weight excluding hydrogens is 232 g/mol. The van der Waals surface area contributed by atoms with Crippen molar-refractivity contribution in [2.24, 2.45) is 0 Å². The van der Waals surface area contributed by atoms with Gasteiger partial charge in [-0.2, -0.15) is 0 Å². The van der Waals surface area contributed by atoms with Gasteiger partial charge in [0.05, 0.1) is 0 Å². The summed E-state index contributed by atoms with van der Waals surface area (Å²) in [6.45, 7) is 5.34. The summed E-state index contributed by atoms with van der Waals surface area (Å²) in [5.74, 6) is -0.146. The van der Waals surface area contributed by atoms with Gasteiger partial charge in [0, 0.05) is 6.04 Å². The van der Waals surface area contributed by atoms with E-state index in [0.717, 1.165) is 12.8 Å². The molecule has 0 radical (unpaired) electrons. The van der Waals surface area contributed by atoms with E-state index in [2.05, 4.69) is 10.6 Å². The quantitative estimate of drug-likeness (QED) is 0.811. The average Bonchev–Trinajstić information content (AvgIpc) is 2.25. The Labute approximate surface area is 109 Å². The molecule has 2 N–H and O–H groups in total. The lowest BCUT2D eigenvalue weighted by Gasteiger charge is -2.23. The summed E-state index contributed by atoms with van der Waals surface area (Å²) in [6.07, 6.45) is 5.12. The van der Waals surface area contributed by atoms with Gasteiger partial charge in [-0.25, -0.2) is 4.79 Å². The molecule has 0 aromatic rings. The van der Waals surface area contributed by atoms with E-state index in [0.29, 0.717) is 0 Å². The number of ether oxygens (including phenoxy) is 1. The van der Waals surface area contributed by atoms with Crippen molar-refractivity contribution in [3.63, 3.8) is 0 Å². The Balaban J connectivity index is 2.18. The lowest BCUT2D eigenvalue weighted by molar-refractivity contribution is -0.121. The van der Waals surface area contributed by atoms with E-state index in [9.17, 15) is 9.59 Å². The third-order valence-electron chi connectivity index (χ3n) is 2.76. The van der Waals surface area contributed by atoms with Gasteiger partial charge in [-0.05, 0) is 33.6 Å². The van der Waals surface area contributed by atoms with Crippen molar-refractivity contribution in [1.82, 2.24) is 10.6 Å². The summed E-state index contributed by atoms with van der Waals surface area (Å²) in [7, 11) is 0. The Morgan fingerprint density at radius 1 is 1.17 bits per heavy atom. The van der Waals surface area contributed by atoms with Crippen LogP contribution in [0, 0.1) is 0 Å². The van der Waals surface area contributed by atoms with Crippen molar-refractivity contribution in [3.05, 3.63) is 0 Å². The predicted molar refractivity (Wildman–Crippen MR) is 69.3 cm³/mol. The van der Waals surface area contributed by atoms with Gasteiger partial charge in [0.1, 0.15) is 12.1 Å². The first-order valence-corrected chi connectivity index (χ1v) is 6.63. The summed E-state index contributed by atoms with van der Waals surface area (Å²) in [4.78, 5) is 22.9. The van der Waals surface area contributed by atoms with Crippen LogP contribution in [0.25, 0.3) is 0 Å². The molecule has 5 heteroatoms. The first kappa shape index (κ1) is 14.8. The molecule has 0 aliphatic heterocycles. The molecular formula is C13H24N2O3. The summed E-state index contributed by atoms with van der Waals surface area (Å²) >= 11 is 0. The van der Waals surface area contributed by atoms with Crippen molar-refractivity contribution in [1.29, 1.82) is 0 Å². The summed E-state index contributed by atoms with van der Waals surface area (Å²) in [5, 5.41) is 5.38. The Kier molecular flexibility index (Phi) is 5.44. The number of nitrogens with one attached hydrogen (secondary N) is 2. The molecule has 0 heterocycles. The van der Waals surface area contributed by atoms with E-state index >= 15 is 0 Å². The normalized spacial score (nSPS) is 17.1. The maximum atomic E-state index is 11.6. The zero-order valence-corrected chi connectivity index (χ0v) is 11.5. The lowest BCUT2D eigenvalue weighted by Crippen LogP contribution is -2.43. The second kappa shape index (κ2) is 6.61. The van der Waals surface area contributed by atoms with Gasteiger partial charge in [-0.3, -0.25) is 4.79 Å². The van der Waals surface area contributed by atoms with Crippen LogP contribution < -0.4 is 10.6 Å². The van der Waals surface area contributed by atoms with Crippen LogP contribution in [0.15, 0.2) is 0 Å². The highest BCUT2D eigenvalue weighted by Gasteiger charge is 2.18. The molecule has 1 aliphatic rings. The first-order chi connectivity index (χ1) is 8.37. The van der Waals surface area contributed by atoms with Crippen molar-refractivity contribution < 1.29 is 14.3 Å². The highest BCUT2D eigenvalue weighted by molar-refractivity contribution is 5.82. The number of alkyl carbamates (subject to hydrolysis) is 1. The zero-order chi connectivity index (χ0) is 13.6. The van der Waals surface area contributed by atoms with E-state index in [1.165, 1.54) is 19.3 Å². The molecule has 1 fully saturated rings. The van der Waals surface area contributed by atoms with E-state index in [4.69, 9.17) is 4.74 Å². The summed E-state index contributed by atoms with van der Waals surface area (Å²) < 4.78 is 5.05. The Bertz CT molecular complexity index is 291. The molecule has 0 aromatic heterocycles. The molecule has 18 heavy (non-hydrogen) atoms. The zero-order valence-electron chi connectivity index (χ0n) is 11.5. The van der Waals surface area contributed by atoms with Crippen molar-refractivity contribution in [2.75, 3.05) is 6.54 Å². The minimum absolute atomic E-state index is 0.0224. The second-order valence-electron chi connectivity index (χ2n) is 5.76. The van der Waals surface area contributed by atoms with Crippen LogP contribution in [0.2, 0.25) is 0 Å². The highest BCUT2D eigenvalue weighted by Crippen LogP contribution is 2.17. The molecule has 0 saturated heterocycles. The number of carbonyl (C=O) groups is 2. The average molecular weight is 256 g/mol. The van der Waals surface area contributed by atoms with Crippen molar-refractivity contribution in [3.8, 4) is 0 Å². The Hall–Kier alpha value is -1.26. The van der Waals surface area contributed by atoms with Gasteiger partial charge in [0.25, 0.3) is 0 Å². The lowest BCUT2D eigenvalue weighted by atomic mass is 9.95. The number of hydrogen-bond donors (Lipinski definition) is 2. The standard InChI is InChI=1S/C13H24N2O3/c1-13(2,3)18-12(17)14-9-11(16)15-10-7-5-4-6-8-10/h10H,4-9H2,1-3H3,(H,14,17)(H,15,16). The fourth-order valence-electron chi connectivity index (χ4n) is 1.99. The molecule has 0 bridgehead atoms. The van der Waals surface area contributed by atoms with Crippen LogP contribution >= 0.6 is 0 Å². The van der Waals surface area contributed by atoms with Crippen LogP contribution in [0.1, 0.15) is 52.9 Å². The Morgan fingerprint density at radius 3 is 2.33 bits per heavy atom. The van der Waals surface area contributed by atoms with Gasteiger partial charge in [0.2, 0.25) is 5.91 Å². The van der Waals surface area contributed by atoms with Crippen LogP contribution in [0.5, 0.6) is 0 Å². The second-order valence-corrected chi connectivity index (χ2v) is 5.76. The van der Waals surface area contributed by atoms with E-state index < -0.39 is 11.7 Å². The molecule has 5 nitrogen and oxygen atoms in total. The molecule has 0 unspecified atom stereocenters. The van der Waals surface area contributed by atoms with Crippen LogP contribution in [0.4, 0.5) is 4.79 Å². The van der Waals surface area contributed by atoms with E-state index in [1.807, 2.05) is 0 Å². The molecule has 1 aliphatic carbocycles. The molecule has 104 valence electrons. The molecule has 1 saturated carbocycles. The highest BCUT2D eigenvalue weighted by atomic mass is 16.6. The van der Waals surface area contributed by atoms with Gasteiger partial charge in [-0.15, -0.1) is 0 Å². The van der Waals surface area contributed by atoms with Crippen LogP contribution in [0.3, 0.4) is 0 Å². The van der Waals surface area contributed by atoms with Crippen molar-refractivity contribution >= 4 is 12.0 Å². The maximum Gasteiger partial charge on any atom is 0.408 e. The van der Waals surface area contributed by atoms with Gasteiger partial charge < -0.3 is 15.4 Å². The molecule has 0 aromatic carbocycles. The van der Waals surface area contributed by atoms with E-state index in [-0.39, 0.29) is 18.5 Å². The van der Waals surface area contributed by atoms with Crippen molar-refractivity contribution in [2.45, 2.75) is 64.5 Å². The minimum Gasteiger partial charge on any atom is -0.444 e. The van der Waals surface area contributed by atoms with Crippen LogP contribution in [-0.4, -0.2) is 30.2 Å². The predicted octanol–water partition coefficient (Wildman–Crippen LogP) is 1.96. The van der Waals surface area contributed by atoms with Gasteiger partial charge in [-0.1, -0.05) is 19.3 Å². The van der Waals surface area contributed by atoms with Crippen LogP contribution in [-0.2, 0) is 9.53 Å². The number of carbonyl (C=O) groups excluding carboxylic acids is 2. The number of amides is 2. The first-order valence-electron chi connectivity index (χ1n) is 6.63. The fraction of sp³-hybridized carbons (Fsp3) is 0.846. The van der Waals surface area contributed by atoms with Gasteiger partial charge >= 0.3 is 6.09 Å². The smallest absolute Gasteiger partial charge is 0.408 e. The molecule has 0 spiro atoms. The summed E-state index contributed by atoms with van der Waals surface area (Å²) in [6, 6.07) is 0.270. The number of rotatable bonds is 3.